The van der Waals surface area contributed by atoms with Crippen LogP contribution in [0.4, 0.5) is 5.69 Å². The Hall–Kier alpha value is -2.11. The Morgan fingerprint density at radius 2 is 1.75 bits per heavy atom. The standard InChI is InChI=1S/C18H18ClN3OS/c1-11-2-4-12(5-3-11)15-10-16(15)17(23)21-22-18(24)20-14-8-6-13(19)7-9-14/h2-9,15-16H,10H2,1H3,(H,21,23)(H2,20,22,24)/t15-,16-/m0/s1. The lowest BCUT2D eigenvalue weighted by Gasteiger charge is -2.11. The molecule has 3 rings (SSSR count). The van der Waals surface area contributed by atoms with Crippen LogP contribution >= 0.6 is 23.8 Å². The summed E-state index contributed by atoms with van der Waals surface area (Å²) in [5.41, 5.74) is 8.64. The zero-order chi connectivity index (χ0) is 17.1. The van der Waals surface area contributed by atoms with Gasteiger partial charge in [-0.1, -0.05) is 41.4 Å². The van der Waals surface area contributed by atoms with Crippen LogP contribution in [0.2, 0.25) is 5.02 Å². The summed E-state index contributed by atoms with van der Waals surface area (Å²) in [7, 11) is 0. The molecule has 0 heterocycles. The van der Waals surface area contributed by atoms with E-state index in [9.17, 15) is 4.79 Å². The highest BCUT2D eigenvalue weighted by molar-refractivity contribution is 7.80. The van der Waals surface area contributed by atoms with Crippen LogP contribution in [0.1, 0.15) is 23.5 Å². The van der Waals surface area contributed by atoms with Crippen molar-refractivity contribution in [3.8, 4) is 0 Å². The molecule has 6 heteroatoms. The van der Waals surface area contributed by atoms with Gasteiger partial charge >= 0.3 is 0 Å². The molecule has 0 aliphatic heterocycles. The van der Waals surface area contributed by atoms with Gasteiger partial charge in [0.15, 0.2) is 5.11 Å². The first-order valence-electron chi connectivity index (χ1n) is 7.72. The number of hydrogen-bond donors (Lipinski definition) is 3. The number of carbonyl (C=O) groups is 1. The van der Waals surface area contributed by atoms with Crippen molar-refractivity contribution < 1.29 is 4.79 Å². The molecule has 1 saturated carbocycles. The van der Waals surface area contributed by atoms with E-state index in [2.05, 4.69) is 47.4 Å². The normalized spacial score (nSPS) is 18.6. The van der Waals surface area contributed by atoms with Crippen LogP contribution in [0.15, 0.2) is 48.5 Å². The summed E-state index contributed by atoms with van der Waals surface area (Å²) in [4.78, 5) is 12.2. The molecule has 1 fully saturated rings. The molecule has 0 aromatic heterocycles. The lowest BCUT2D eigenvalue weighted by molar-refractivity contribution is -0.122. The molecule has 2 aromatic carbocycles. The molecule has 0 saturated heterocycles. The van der Waals surface area contributed by atoms with Crippen LogP contribution in [-0.4, -0.2) is 11.0 Å². The van der Waals surface area contributed by atoms with Gasteiger partial charge in [0.25, 0.3) is 0 Å². The van der Waals surface area contributed by atoms with Gasteiger partial charge in [-0.05, 0) is 61.3 Å². The molecular formula is C18H18ClN3OS. The Bertz CT molecular complexity index is 746. The van der Waals surface area contributed by atoms with Crippen molar-refractivity contribution in [2.24, 2.45) is 5.92 Å². The number of thiocarbonyl (C=S) groups is 1. The third kappa shape index (κ3) is 4.24. The van der Waals surface area contributed by atoms with Crippen molar-refractivity contribution in [3.63, 3.8) is 0 Å². The predicted octanol–water partition coefficient (Wildman–Crippen LogP) is 3.77. The van der Waals surface area contributed by atoms with Crippen LogP contribution in [0.5, 0.6) is 0 Å². The third-order valence-corrected chi connectivity index (χ3v) is 4.49. The molecule has 1 aliphatic carbocycles. The lowest BCUT2D eigenvalue weighted by atomic mass is 10.1. The summed E-state index contributed by atoms with van der Waals surface area (Å²) < 4.78 is 0. The fourth-order valence-electron chi connectivity index (χ4n) is 2.57. The van der Waals surface area contributed by atoms with Crippen molar-refractivity contribution in [1.29, 1.82) is 0 Å². The van der Waals surface area contributed by atoms with Crippen LogP contribution in [-0.2, 0) is 4.79 Å². The molecule has 0 unspecified atom stereocenters. The Kier molecular flexibility index (Phi) is 5.02. The van der Waals surface area contributed by atoms with E-state index in [0.717, 1.165) is 12.1 Å². The maximum atomic E-state index is 12.2. The summed E-state index contributed by atoms with van der Waals surface area (Å²) in [5, 5.41) is 3.97. The molecule has 2 aromatic rings. The fraction of sp³-hybridized carbons (Fsp3) is 0.222. The average molecular weight is 360 g/mol. The van der Waals surface area contributed by atoms with Gasteiger partial charge in [-0.2, -0.15) is 0 Å². The molecule has 4 nitrogen and oxygen atoms in total. The Balaban J connectivity index is 1.45. The van der Waals surface area contributed by atoms with E-state index in [1.54, 1.807) is 12.1 Å². The largest absolute Gasteiger partial charge is 0.331 e. The topological polar surface area (TPSA) is 53.2 Å². The third-order valence-electron chi connectivity index (χ3n) is 4.03. The van der Waals surface area contributed by atoms with Gasteiger partial charge in [0.1, 0.15) is 0 Å². The Morgan fingerprint density at radius 3 is 2.42 bits per heavy atom. The highest BCUT2D eigenvalue weighted by Gasteiger charge is 2.43. The van der Waals surface area contributed by atoms with Gasteiger partial charge in [0, 0.05) is 16.6 Å². The number of anilines is 1. The maximum absolute atomic E-state index is 12.2. The quantitative estimate of drug-likeness (QED) is 0.577. The lowest BCUT2D eigenvalue weighted by Crippen LogP contribution is -2.44. The number of hydrazine groups is 1. The molecule has 1 amide bonds. The van der Waals surface area contributed by atoms with E-state index in [1.807, 2.05) is 12.1 Å². The number of carbonyl (C=O) groups excluding carboxylic acids is 1. The Labute approximate surface area is 151 Å². The number of hydrogen-bond acceptors (Lipinski definition) is 2. The zero-order valence-electron chi connectivity index (χ0n) is 13.2. The first-order chi connectivity index (χ1) is 11.5. The van der Waals surface area contributed by atoms with Crippen molar-refractivity contribution in [3.05, 3.63) is 64.7 Å². The van der Waals surface area contributed by atoms with E-state index in [-0.39, 0.29) is 11.8 Å². The number of benzene rings is 2. The summed E-state index contributed by atoms with van der Waals surface area (Å²) >= 11 is 11.0. The summed E-state index contributed by atoms with van der Waals surface area (Å²) in [6, 6.07) is 15.5. The summed E-state index contributed by atoms with van der Waals surface area (Å²) in [6.45, 7) is 2.05. The summed E-state index contributed by atoms with van der Waals surface area (Å²) in [5.74, 6) is 0.254. The molecule has 0 bridgehead atoms. The van der Waals surface area contributed by atoms with Gasteiger partial charge in [-0.3, -0.25) is 15.6 Å². The number of nitrogens with one attached hydrogen (secondary N) is 3. The van der Waals surface area contributed by atoms with Gasteiger partial charge < -0.3 is 5.32 Å². The highest BCUT2D eigenvalue weighted by Crippen LogP contribution is 2.47. The van der Waals surface area contributed by atoms with Gasteiger partial charge in [-0.25, -0.2) is 0 Å². The first kappa shape index (κ1) is 16.7. The van der Waals surface area contributed by atoms with Crippen LogP contribution < -0.4 is 16.2 Å². The molecule has 2 atom stereocenters. The van der Waals surface area contributed by atoms with Crippen molar-refractivity contribution in [2.75, 3.05) is 5.32 Å². The van der Waals surface area contributed by atoms with Crippen LogP contribution in [0, 0.1) is 12.8 Å². The molecule has 124 valence electrons. The van der Waals surface area contributed by atoms with E-state index < -0.39 is 0 Å². The van der Waals surface area contributed by atoms with Gasteiger partial charge in [0.05, 0.1) is 0 Å². The smallest absolute Gasteiger partial charge is 0.242 e. The highest BCUT2D eigenvalue weighted by atomic mass is 35.5. The second-order valence-electron chi connectivity index (χ2n) is 5.93. The van der Waals surface area contributed by atoms with Crippen molar-refractivity contribution >= 4 is 40.5 Å². The minimum absolute atomic E-state index is 0.00135. The fourth-order valence-corrected chi connectivity index (χ4v) is 2.87. The Morgan fingerprint density at radius 1 is 1.08 bits per heavy atom. The van der Waals surface area contributed by atoms with E-state index >= 15 is 0 Å². The van der Waals surface area contributed by atoms with Crippen molar-refractivity contribution in [2.45, 2.75) is 19.3 Å². The molecule has 3 N–H and O–H groups in total. The number of aryl methyl sites for hydroxylation is 1. The zero-order valence-corrected chi connectivity index (χ0v) is 14.7. The number of halogens is 1. The molecular weight excluding hydrogens is 342 g/mol. The van der Waals surface area contributed by atoms with Crippen molar-refractivity contribution in [1.82, 2.24) is 10.9 Å². The number of amides is 1. The van der Waals surface area contributed by atoms with Crippen LogP contribution in [0.3, 0.4) is 0 Å². The van der Waals surface area contributed by atoms with Gasteiger partial charge in [0.2, 0.25) is 5.91 Å². The average Bonchev–Trinajstić information content (AvgIpc) is 3.36. The second-order valence-corrected chi connectivity index (χ2v) is 6.78. The monoisotopic (exact) mass is 359 g/mol. The van der Waals surface area contributed by atoms with E-state index in [4.69, 9.17) is 23.8 Å². The minimum atomic E-state index is -0.0409. The molecule has 0 radical (unpaired) electrons. The van der Waals surface area contributed by atoms with E-state index in [0.29, 0.717) is 16.1 Å². The van der Waals surface area contributed by atoms with E-state index in [1.165, 1.54) is 11.1 Å². The first-order valence-corrected chi connectivity index (χ1v) is 8.50. The SMILES string of the molecule is Cc1ccc([C@@H]2C[C@@H]2C(=O)NNC(=S)Nc2ccc(Cl)cc2)cc1. The predicted molar refractivity (Wildman–Crippen MR) is 101 cm³/mol. The van der Waals surface area contributed by atoms with Crippen LogP contribution in [0.25, 0.3) is 0 Å². The maximum Gasteiger partial charge on any atom is 0.242 e. The molecule has 24 heavy (non-hydrogen) atoms. The molecule has 0 spiro atoms. The summed E-state index contributed by atoms with van der Waals surface area (Å²) in [6.07, 6.45) is 0.869. The number of rotatable bonds is 3. The second kappa shape index (κ2) is 7.20. The molecule has 1 aliphatic rings. The minimum Gasteiger partial charge on any atom is -0.331 e. The van der Waals surface area contributed by atoms with Gasteiger partial charge in [-0.15, -0.1) is 0 Å².